The molecular formula is C17H20BrFN4O. The lowest BCUT2D eigenvalue weighted by atomic mass is 10.2. The van der Waals surface area contributed by atoms with Gasteiger partial charge in [-0.2, -0.15) is 5.10 Å². The molecule has 0 unspecified atom stereocenters. The number of nitrogens with zero attached hydrogens (tertiary/aromatic N) is 4. The number of hydrogen-bond donors (Lipinski definition) is 0. The molecule has 2 heterocycles. The predicted octanol–water partition coefficient (Wildman–Crippen LogP) is 3.00. The average molecular weight is 395 g/mol. The van der Waals surface area contributed by atoms with Crippen LogP contribution >= 0.6 is 15.9 Å². The first kappa shape index (κ1) is 17.0. The Kier molecular flexibility index (Phi) is 4.89. The Balaban J connectivity index is 1.62. The molecule has 0 spiro atoms. The molecule has 1 fully saturated rings. The van der Waals surface area contributed by atoms with Crippen LogP contribution in [0, 0.1) is 12.7 Å². The second-order valence-corrected chi connectivity index (χ2v) is 6.84. The second-order valence-electron chi connectivity index (χ2n) is 5.99. The number of rotatable bonds is 3. The molecule has 128 valence electrons. The van der Waals surface area contributed by atoms with E-state index in [0.717, 1.165) is 28.9 Å². The van der Waals surface area contributed by atoms with Gasteiger partial charge in [-0.15, -0.1) is 0 Å². The van der Waals surface area contributed by atoms with E-state index in [1.54, 1.807) is 23.0 Å². The van der Waals surface area contributed by atoms with E-state index in [0.29, 0.717) is 13.1 Å². The molecule has 2 aromatic rings. The van der Waals surface area contributed by atoms with Gasteiger partial charge in [0.05, 0.1) is 16.4 Å². The molecule has 1 aromatic heterocycles. The lowest BCUT2D eigenvalue weighted by Gasteiger charge is -2.37. The molecular weight excluding hydrogens is 375 g/mol. The van der Waals surface area contributed by atoms with Gasteiger partial charge in [0.25, 0.3) is 0 Å². The van der Waals surface area contributed by atoms with Crippen molar-refractivity contribution in [2.45, 2.75) is 19.9 Å². The maximum absolute atomic E-state index is 13.0. The second kappa shape index (κ2) is 6.93. The summed E-state index contributed by atoms with van der Waals surface area (Å²) in [5.74, 6) is -0.158. The highest BCUT2D eigenvalue weighted by Gasteiger charge is 2.27. The Bertz CT molecular complexity index is 723. The number of halogens is 2. The third-order valence-electron chi connectivity index (χ3n) is 4.49. The number of benzene rings is 1. The molecule has 0 N–H and O–H groups in total. The molecule has 1 saturated heterocycles. The normalized spacial score (nSPS) is 16.3. The zero-order valence-corrected chi connectivity index (χ0v) is 15.3. The Labute approximate surface area is 149 Å². The SMILES string of the molecule is Cc1c(Br)cnn1[C@H](C)C(=O)N1CCN(c2ccc(F)cc2)CC1. The molecule has 3 rings (SSSR count). The highest BCUT2D eigenvalue weighted by Crippen LogP contribution is 2.21. The van der Waals surface area contributed by atoms with Gasteiger partial charge in [-0.3, -0.25) is 9.48 Å². The maximum Gasteiger partial charge on any atom is 0.247 e. The van der Waals surface area contributed by atoms with E-state index < -0.39 is 0 Å². The van der Waals surface area contributed by atoms with Gasteiger partial charge in [0.1, 0.15) is 11.9 Å². The molecule has 5 nitrogen and oxygen atoms in total. The van der Waals surface area contributed by atoms with Gasteiger partial charge in [-0.1, -0.05) is 0 Å². The highest BCUT2D eigenvalue weighted by atomic mass is 79.9. The summed E-state index contributed by atoms with van der Waals surface area (Å²) in [6.07, 6.45) is 1.71. The van der Waals surface area contributed by atoms with Crippen molar-refractivity contribution in [3.63, 3.8) is 0 Å². The van der Waals surface area contributed by atoms with Crippen molar-refractivity contribution in [1.82, 2.24) is 14.7 Å². The summed E-state index contributed by atoms with van der Waals surface area (Å²) in [6.45, 7) is 6.61. The molecule has 7 heteroatoms. The predicted molar refractivity (Wildman–Crippen MR) is 94.6 cm³/mol. The Morgan fingerprint density at radius 2 is 1.83 bits per heavy atom. The summed E-state index contributed by atoms with van der Waals surface area (Å²) < 4.78 is 15.7. The number of aromatic nitrogens is 2. The Morgan fingerprint density at radius 1 is 1.21 bits per heavy atom. The monoisotopic (exact) mass is 394 g/mol. The smallest absolute Gasteiger partial charge is 0.247 e. The molecule has 0 bridgehead atoms. The van der Waals surface area contributed by atoms with E-state index in [2.05, 4.69) is 25.9 Å². The molecule has 0 aliphatic carbocycles. The first-order valence-electron chi connectivity index (χ1n) is 7.96. The summed E-state index contributed by atoms with van der Waals surface area (Å²) in [5, 5.41) is 4.28. The number of hydrogen-bond acceptors (Lipinski definition) is 3. The number of piperazine rings is 1. The summed E-state index contributed by atoms with van der Waals surface area (Å²) in [6, 6.07) is 6.16. The number of amides is 1. The molecule has 24 heavy (non-hydrogen) atoms. The zero-order valence-electron chi connectivity index (χ0n) is 13.7. The van der Waals surface area contributed by atoms with Crippen LogP contribution in [0.4, 0.5) is 10.1 Å². The molecule has 1 aliphatic heterocycles. The minimum Gasteiger partial charge on any atom is -0.368 e. The zero-order chi connectivity index (χ0) is 17.3. The van der Waals surface area contributed by atoms with Crippen LogP contribution in [-0.2, 0) is 4.79 Å². The molecule has 1 aromatic carbocycles. The molecule has 0 radical (unpaired) electrons. The van der Waals surface area contributed by atoms with Crippen molar-refractivity contribution < 1.29 is 9.18 Å². The van der Waals surface area contributed by atoms with E-state index in [4.69, 9.17) is 0 Å². The fourth-order valence-electron chi connectivity index (χ4n) is 3.00. The summed E-state index contributed by atoms with van der Waals surface area (Å²) >= 11 is 3.43. The number of carbonyl (C=O) groups is 1. The van der Waals surface area contributed by atoms with Crippen LogP contribution in [0.25, 0.3) is 0 Å². The lowest BCUT2D eigenvalue weighted by molar-refractivity contribution is -0.134. The third-order valence-corrected chi connectivity index (χ3v) is 5.27. The Hall–Kier alpha value is -1.89. The molecule has 1 aliphatic rings. The molecule has 1 amide bonds. The van der Waals surface area contributed by atoms with Crippen LogP contribution in [0.5, 0.6) is 0 Å². The molecule has 0 saturated carbocycles. The first-order valence-corrected chi connectivity index (χ1v) is 8.75. The van der Waals surface area contributed by atoms with Crippen LogP contribution in [0.3, 0.4) is 0 Å². The van der Waals surface area contributed by atoms with Crippen LogP contribution in [0.1, 0.15) is 18.7 Å². The van der Waals surface area contributed by atoms with Crippen molar-refractivity contribution in [3.8, 4) is 0 Å². The van der Waals surface area contributed by atoms with E-state index >= 15 is 0 Å². The average Bonchev–Trinajstić information content (AvgIpc) is 2.94. The van der Waals surface area contributed by atoms with Gasteiger partial charge in [0.2, 0.25) is 5.91 Å². The number of carbonyl (C=O) groups excluding carboxylic acids is 1. The van der Waals surface area contributed by atoms with Gasteiger partial charge >= 0.3 is 0 Å². The standard InChI is InChI=1S/C17H20BrFN4O/c1-12-16(18)11-20-23(12)13(2)17(24)22-9-7-21(8-10-22)15-5-3-14(19)4-6-15/h3-6,11,13H,7-10H2,1-2H3/t13-/m1/s1. The van der Waals surface area contributed by atoms with E-state index in [1.807, 2.05) is 18.7 Å². The maximum atomic E-state index is 13.0. The van der Waals surface area contributed by atoms with Crippen LogP contribution in [0.2, 0.25) is 0 Å². The largest absolute Gasteiger partial charge is 0.368 e. The van der Waals surface area contributed by atoms with Gasteiger partial charge in [0, 0.05) is 31.9 Å². The minimum atomic E-state index is -0.325. The minimum absolute atomic E-state index is 0.0763. The quantitative estimate of drug-likeness (QED) is 0.803. The van der Waals surface area contributed by atoms with Crippen molar-refractivity contribution in [2.75, 3.05) is 31.1 Å². The van der Waals surface area contributed by atoms with Gasteiger partial charge in [-0.05, 0) is 54.0 Å². The van der Waals surface area contributed by atoms with E-state index in [-0.39, 0.29) is 17.8 Å². The van der Waals surface area contributed by atoms with Crippen molar-refractivity contribution >= 4 is 27.5 Å². The van der Waals surface area contributed by atoms with Crippen molar-refractivity contribution in [3.05, 3.63) is 46.4 Å². The van der Waals surface area contributed by atoms with E-state index in [1.165, 1.54) is 12.1 Å². The van der Waals surface area contributed by atoms with Crippen LogP contribution < -0.4 is 4.90 Å². The number of anilines is 1. The fraction of sp³-hybridized carbons (Fsp3) is 0.412. The highest BCUT2D eigenvalue weighted by molar-refractivity contribution is 9.10. The summed E-state index contributed by atoms with van der Waals surface area (Å²) in [4.78, 5) is 16.8. The van der Waals surface area contributed by atoms with Crippen molar-refractivity contribution in [1.29, 1.82) is 0 Å². The third kappa shape index (κ3) is 3.31. The Morgan fingerprint density at radius 3 is 2.38 bits per heavy atom. The topological polar surface area (TPSA) is 41.4 Å². The van der Waals surface area contributed by atoms with Gasteiger partial charge in [0.15, 0.2) is 0 Å². The van der Waals surface area contributed by atoms with E-state index in [9.17, 15) is 9.18 Å². The fourth-order valence-corrected chi connectivity index (χ4v) is 3.27. The van der Waals surface area contributed by atoms with Crippen molar-refractivity contribution in [2.24, 2.45) is 0 Å². The van der Waals surface area contributed by atoms with Gasteiger partial charge in [-0.25, -0.2) is 4.39 Å². The summed E-state index contributed by atoms with van der Waals surface area (Å²) in [7, 11) is 0. The lowest BCUT2D eigenvalue weighted by Crippen LogP contribution is -2.50. The van der Waals surface area contributed by atoms with Crippen LogP contribution in [0.15, 0.2) is 34.9 Å². The molecule has 1 atom stereocenters. The summed E-state index contributed by atoms with van der Waals surface area (Å²) in [5.41, 5.74) is 1.93. The van der Waals surface area contributed by atoms with Gasteiger partial charge < -0.3 is 9.80 Å². The van der Waals surface area contributed by atoms with Crippen LogP contribution in [-0.4, -0.2) is 46.8 Å². The first-order chi connectivity index (χ1) is 11.5.